The highest BCUT2D eigenvalue weighted by Crippen LogP contribution is 2.31. The van der Waals surface area contributed by atoms with Crippen LogP contribution in [0.2, 0.25) is 0 Å². The topological polar surface area (TPSA) is 70.2 Å². The lowest BCUT2D eigenvalue weighted by Crippen LogP contribution is -2.55. The zero-order valence-electron chi connectivity index (χ0n) is 15.5. The minimum Gasteiger partial charge on any atom is -0.444 e. The molecule has 1 atom stereocenters. The van der Waals surface area contributed by atoms with Crippen molar-refractivity contribution in [3.63, 3.8) is 0 Å². The number of hydrogen-bond acceptors (Lipinski definition) is 4. The molecule has 3 fully saturated rings. The van der Waals surface area contributed by atoms with Crippen LogP contribution in [0.25, 0.3) is 0 Å². The molecule has 3 amide bonds. The molecule has 2 saturated heterocycles. The number of likely N-dealkylation sites (tertiary alicyclic amines) is 1. The normalized spacial score (nSPS) is 24.4. The molecule has 1 aliphatic carbocycles. The molecule has 0 aromatic rings. The molecule has 3 aliphatic rings. The second-order valence-electron chi connectivity index (χ2n) is 8.26. The van der Waals surface area contributed by atoms with Crippen LogP contribution >= 0.6 is 0 Å². The Hall–Kier alpha value is -1.79. The van der Waals surface area contributed by atoms with E-state index in [4.69, 9.17) is 4.74 Å². The molecule has 25 heavy (non-hydrogen) atoms. The lowest BCUT2D eigenvalue weighted by Gasteiger charge is -2.37. The van der Waals surface area contributed by atoms with Crippen molar-refractivity contribution >= 4 is 17.9 Å². The Morgan fingerprint density at radius 1 is 0.840 bits per heavy atom. The first-order valence-corrected chi connectivity index (χ1v) is 9.33. The van der Waals surface area contributed by atoms with Crippen LogP contribution in [0.4, 0.5) is 4.79 Å². The Bertz CT molecular complexity index is 545. The molecule has 1 saturated carbocycles. The van der Waals surface area contributed by atoms with Gasteiger partial charge < -0.3 is 14.5 Å². The van der Waals surface area contributed by atoms with Gasteiger partial charge in [-0.05, 0) is 46.5 Å². The summed E-state index contributed by atoms with van der Waals surface area (Å²) in [7, 11) is 0. The standard InChI is InChI=1S/C18H29N3O4/c1-18(2,3)25-17(24)21-8-4-5-14(21)16(23)20-11-9-19(10-12-20)15(22)13-6-7-13/h13-14H,4-12H2,1-3H3/t14-/m0/s1. The lowest BCUT2D eigenvalue weighted by atomic mass is 10.1. The predicted octanol–water partition coefficient (Wildman–Crippen LogP) is 1.47. The van der Waals surface area contributed by atoms with Crippen LogP contribution < -0.4 is 0 Å². The van der Waals surface area contributed by atoms with Gasteiger partial charge in [0.1, 0.15) is 11.6 Å². The maximum atomic E-state index is 12.9. The van der Waals surface area contributed by atoms with E-state index in [1.54, 1.807) is 9.80 Å². The van der Waals surface area contributed by atoms with E-state index in [1.165, 1.54) is 0 Å². The Kier molecular flexibility index (Phi) is 4.93. The van der Waals surface area contributed by atoms with E-state index in [-0.39, 0.29) is 17.7 Å². The Balaban J connectivity index is 1.55. The number of rotatable bonds is 2. The number of carbonyl (C=O) groups is 3. The first kappa shape index (κ1) is 18.0. The zero-order chi connectivity index (χ0) is 18.2. The summed E-state index contributed by atoms with van der Waals surface area (Å²) in [6, 6.07) is -0.430. The number of amides is 3. The SMILES string of the molecule is CC(C)(C)OC(=O)N1CCC[C@H]1C(=O)N1CCN(C(=O)C2CC2)CC1. The first-order valence-electron chi connectivity index (χ1n) is 9.33. The van der Waals surface area contributed by atoms with Crippen molar-refractivity contribution in [2.45, 2.75) is 58.1 Å². The molecule has 0 unspecified atom stereocenters. The van der Waals surface area contributed by atoms with Crippen LogP contribution in [-0.4, -0.2) is 77.0 Å². The monoisotopic (exact) mass is 351 g/mol. The Labute approximate surface area is 149 Å². The summed E-state index contributed by atoms with van der Waals surface area (Å²) in [5, 5.41) is 0. The van der Waals surface area contributed by atoms with E-state index < -0.39 is 17.7 Å². The number of ether oxygens (including phenoxy) is 1. The Morgan fingerprint density at radius 3 is 1.92 bits per heavy atom. The molecular formula is C18H29N3O4. The molecule has 0 bridgehead atoms. The van der Waals surface area contributed by atoms with Crippen LogP contribution in [0.5, 0.6) is 0 Å². The van der Waals surface area contributed by atoms with Crippen molar-refractivity contribution in [1.29, 1.82) is 0 Å². The van der Waals surface area contributed by atoms with Crippen molar-refractivity contribution in [3.8, 4) is 0 Å². The van der Waals surface area contributed by atoms with Crippen molar-refractivity contribution < 1.29 is 19.1 Å². The van der Waals surface area contributed by atoms with Gasteiger partial charge in [0.25, 0.3) is 0 Å². The van der Waals surface area contributed by atoms with Crippen LogP contribution in [0.15, 0.2) is 0 Å². The van der Waals surface area contributed by atoms with Gasteiger partial charge >= 0.3 is 6.09 Å². The number of hydrogen-bond donors (Lipinski definition) is 0. The first-order chi connectivity index (χ1) is 11.8. The van der Waals surface area contributed by atoms with E-state index in [0.717, 1.165) is 19.3 Å². The summed E-state index contributed by atoms with van der Waals surface area (Å²) < 4.78 is 5.43. The van der Waals surface area contributed by atoms with E-state index in [9.17, 15) is 14.4 Å². The third-order valence-electron chi connectivity index (χ3n) is 5.00. The average Bonchev–Trinajstić information content (AvgIpc) is 3.28. The quantitative estimate of drug-likeness (QED) is 0.755. The van der Waals surface area contributed by atoms with Gasteiger partial charge in [0, 0.05) is 38.6 Å². The van der Waals surface area contributed by atoms with Gasteiger partial charge in [-0.3, -0.25) is 14.5 Å². The highest BCUT2D eigenvalue weighted by Gasteiger charge is 2.40. The molecule has 0 N–H and O–H groups in total. The minimum absolute atomic E-state index is 0.0121. The zero-order valence-corrected chi connectivity index (χ0v) is 15.5. The molecule has 0 spiro atoms. The molecule has 7 nitrogen and oxygen atoms in total. The molecule has 3 rings (SSSR count). The van der Waals surface area contributed by atoms with Gasteiger partial charge in [-0.25, -0.2) is 4.79 Å². The van der Waals surface area contributed by atoms with Crippen LogP contribution in [0, 0.1) is 5.92 Å². The summed E-state index contributed by atoms with van der Waals surface area (Å²) in [6.07, 6.45) is 3.09. The average molecular weight is 351 g/mol. The third kappa shape index (κ3) is 4.25. The second kappa shape index (κ2) is 6.84. The van der Waals surface area contributed by atoms with Gasteiger partial charge in [-0.15, -0.1) is 0 Å². The largest absolute Gasteiger partial charge is 0.444 e. The van der Waals surface area contributed by atoms with Crippen molar-refractivity contribution in [2.75, 3.05) is 32.7 Å². The maximum absolute atomic E-state index is 12.9. The van der Waals surface area contributed by atoms with Gasteiger partial charge in [-0.2, -0.15) is 0 Å². The maximum Gasteiger partial charge on any atom is 0.410 e. The summed E-state index contributed by atoms with van der Waals surface area (Å²) in [4.78, 5) is 42.6. The minimum atomic E-state index is -0.567. The van der Waals surface area contributed by atoms with Crippen molar-refractivity contribution in [1.82, 2.24) is 14.7 Å². The fourth-order valence-electron chi connectivity index (χ4n) is 3.51. The van der Waals surface area contributed by atoms with E-state index in [2.05, 4.69) is 0 Å². The smallest absolute Gasteiger partial charge is 0.410 e. The van der Waals surface area contributed by atoms with Crippen LogP contribution in [0.3, 0.4) is 0 Å². The van der Waals surface area contributed by atoms with Crippen molar-refractivity contribution in [2.24, 2.45) is 5.92 Å². The second-order valence-corrected chi connectivity index (χ2v) is 8.26. The van der Waals surface area contributed by atoms with Gasteiger partial charge in [0.05, 0.1) is 0 Å². The summed E-state index contributed by atoms with van der Waals surface area (Å²) in [5.74, 6) is 0.449. The van der Waals surface area contributed by atoms with E-state index in [0.29, 0.717) is 39.1 Å². The Morgan fingerprint density at radius 2 is 1.40 bits per heavy atom. The van der Waals surface area contributed by atoms with Crippen molar-refractivity contribution in [3.05, 3.63) is 0 Å². The summed E-state index contributed by atoms with van der Waals surface area (Å²) in [6.45, 7) is 8.34. The summed E-state index contributed by atoms with van der Waals surface area (Å²) >= 11 is 0. The number of piperazine rings is 1. The number of carbonyl (C=O) groups excluding carboxylic acids is 3. The molecule has 2 aliphatic heterocycles. The molecule has 0 aromatic carbocycles. The molecule has 140 valence electrons. The molecule has 0 aromatic heterocycles. The molecule has 7 heteroatoms. The number of nitrogens with zero attached hydrogens (tertiary/aromatic N) is 3. The molecule has 2 heterocycles. The van der Waals surface area contributed by atoms with Crippen LogP contribution in [0.1, 0.15) is 46.5 Å². The molecule has 0 radical (unpaired) electrons. The van der Waals surface area contributed by atoms with Gasteiger partial charge in [-0.1, -0.05) is 0 Å². The highest BCUT2D eigenvalue weighted by atomic mass is 16.6. The molecular weight excluding hydrogens is 322 g/mol. The highest BCUT2D eigenvalue weighted by molar-refractivity contribution is 5.87. The fourth-order valence-corrected chi connectivity index (χ4v) is 3.51. The van der Waals surface area contributed by atoms with E-state index >= 15 is 0 Å². The summed E-state index contributed by atoms with van der Waals surface area (Å²) in [5.41, 5.74) is -0.567. The van der Waals surface area contributed by atoms with E-state index in [1.807, 2.05) is 25.7 Å². The van der Waals surface area contributed by atoms with Gasteiger partial charge in [0.15, 0.2) is 0 Å². The lowest BCUT2D eigenvalue weighted by molar-refractivity contribution is -0.142. The third-order valence-corrected chi connectivity index (χ3v) is 5.00. The van der Waals surface area contributed by atoms with Gasteiger partial charge in [0.2, 0.25) is 11.8 Å². The fraction of sp³-hybridized carbons (Fsp3) is 0.833. The predicted molar refractivity (Wildman–Crippen MR) is 91.8 cm³/mol. The van der Waals surface area contributed by atoms with Crippen LogP contribution in [-0.2, 0) is 14.3 Å².